The van der Waals surface area contributed by atoms with E-state index in [0.717, 1.165) is 17.0 Å². The van der Waals surface area contributed by atoms with Gasteiger partial charge in [-0.3, -0.25) is 4.79 Å². The third kappa shape index (κ3) is 4.41. The van der Waals surface area contributed by atoms with Crippen molar-refractivity contribution in [2.45, 2.75) is 20.8 Å². The number of aromatic nitrogens is 1. The Hall–Kier alpha value is -2.76. The van der Waals surface area contributed by atoms with E-state index in [2.05, 4.69) is 0 Å². The number of esters is 1. The minimum absolute atomic E-state index is 0.234. The van der Waals surface area contributed by atoms with Crippen molar-refractivity contribution in [3.63, 3.8) is 0 Å². The lowest BCUT2D eigenvalue weighted by atomic mass is 10.1. The molecule has 1 aromatic carbocycles. The fourth-order valence-electron chi connectivity index (χ4n) is 2.43. The molecule has 0 radical (unpaired) electrons. The summed E-state index contributed by atoms with van der Waals surface area (Å²) < 4.78 is 17.6. The molecule has 134 valence electrons. The van der Waals surface area contributed by atoms with Gasteiger partial charge in [0.05, 0.1) is 7.11 Å². The smallest absolute Gasteiger partial charge is 0.344 e. The second-order valence-electron chi connectivity index (χ2n) is 5.87. The van der Waals surface area contributed by atoms with Crippen LogP contribution >= 0.6 is 0 Å². The van der Waals surface area contributed by atoms with E-state index in [9.17, 15) is 9.59 Å². The summed E-state index contributed by atoms with van der Waals surface area (Å²) >= 11 is 0. The van der Waals surface area contributed by atoms with E-state index in [1.54, 1.807) is 12.1 Å². The van der Waals surface area contributed by atoms with Crippen LogP contribution in [0.2, 0.25) is 0 Å². The number of methoxy groups -OCH3 is 1. The molecule has 6 heteroatoms. The molecule has 1 aromatic heterocycles. The number of carbonyl (C=O) groups excluding carboxylic acids is 2. The molecule has 0 saturated carbocycles. The van der Waals surface area contributed by atoms with Crippen LogP contribution in [-0.2, 0) is 16.6 Å². The predicted octanol–water partition coefficient (Wildman–Crippen LogP) is 2.76. The first-order chi connectivity index (χ1) is 11.8. The summed E-state index contributed by atoms with van der Waals surface area (Å²) in [5.41, 5.74) is 3.40. The Labute approximate surface area is 147 Å². The molecule has 0 aliphatic carbocycles. The van der Waals surface area contributed by atoms with Gasteiger partial charge < -0.3 is 18.8 Å². The minimum Gasteiger partial charge on any atom is -0.493 e. The van der Waals surface area contributed by atoms with Gasteiger partial charge in [-0.2, -0.15) is 0 Å². The van der Waals surface area contributed by atoms with Gasteiger partial charge in [-0.15, -0.1) is 0 Å². The number of ketones is 1. The molecule has 0 amide bonds. The number of rotatable bonds is 7. The highest BCUT2D eigenvalue weighted by Gasteiger charge is 2.16. The lowest BCUT2D eigenvalue weighted by Gasteiger charge is -2.11. The van der Waals surface area contributed by atoms with Crippen molar-refractivity contribution >= 4 is 11.8 Å². The van der Waals surface area contributed by atoms with Crippen molar-refractivity contribution in [1.82, 2.24) is 4.57 Å². The van der Waals surface area contributed by atoms with Crippen LogP contribution in [0.5, 0.6) is 11.5 Å². The number of benzene rings is 1. The van der Waals surface area contributed by atoms with E-state index in [1.165, 1.54) is 7.11 Å². The Morgan fingerprint density at radius 2 is 1.76 bits per heavy atom. The molecular weight excluding hydrogens is 322 g/mol. The van der Waals surface area contributed by atoms with Crippen molar-refractivity contribution in [3.8, 4) is 11.5 Å². The van der Waals surface area contributed by atoms with E-state index in [-0.39, 0.29) is 19.0 Å². The minimum atomic E-state index is -0.610. The molecule has 1 heterocycles. The van der Waals surface area contributed by atoms with Crippen molar-refractivity contribution < 1.29 is 23.8 Å². The number of Topliss-reactive ketones (excluding diaryl/α,β-unsaturated/α-hetero) is 1. The van der Waals surface area contributed by atoms with E-state index < -0.39 is 5.97 Å². The molecule has 0 aliphatic heterocycles. The predicted molar refractivity (Wildman–Crippen MR) is 93.4 cm³/mol. The Morgan fingerprint density at radius 3 is 2.36 bits per heavy atom. The highest BCUT2D eigenvalue weighted by atomic mass is 16.6. The maximum atomic E-state index is 12.2. The zero-order valence-electron chi connectivity index (χ0n) is 15.2. The van der Waals surface area contributed by atoms with Gasteiger partial charge in [-0.1, -0.05) is 6.07 Å². The lowest BCUT2D eigenvalue weighted by molar-refractivity contribution is -0.144. The third-order valence-electron chi connectivity index (χ3n) is 4.10. The van der Waals surface area contributed by atoms with E-state index >= 15 is 0 Å². The molecule has 0 fully saturated rings. The number of carbonyl (C=O) groups is 2. The Balaban J connectivity index is 1.88. The van der Waals surface area contributed by atoms with Gasteiger partial charge in [0.25, 0.3) is 0 Å². The number of ether oxygens (including phenoxy) is 3. The Kier molecular flexibility index (Phi) is 5.85. The first kappa shape index (κ1) is 18.6. The monoisotopic (exact) mass is 345 g/mol. The first-order valence-electron chi connectivity index (χ1n) is 7.92. The second-order valence-corrected chi connectivity index (χ2v) is 5.87. The summed E-state index contributed by atoms with van der Waals surface area (Å²) in [6.07, 6.45) is 0. The lowest BCUT2D eigenvalue weighted by Crippen LogP contribution is -2.20. The van der Waals surface area contributed by atoms with Crippen molar-refractivity contribution in [3.05, 3.63) is 46.8 Å². The SMILES string of the molecule is COc1cc(C)ccc1OCC(=O)OCC(=O)c1cc(C)n(C)c1C. The largest absolute Gasteiger partial charge is 0.493 e. The number of hydrogen-bond acceptors (Lipinski definition) is 5. The average molecular weight is 345 g/mol. The fourth-order valence-corrected chi connectivity index (χ4v) is 2.43. The molecule has 25 heavy (non-hydrogen) atoms. The molecule has 0 spiro atoms. The molecule has 0 unspecified atom stereocenters. The summed E-state index contributed by atoms with van der Waals surface area (Å²) in [6, 6.07) is 7.18. The Bertz CT molecular complexity index is 791. The van der Waals surface area contributed by atoms with Crippen LogP contribution in [0, 0.1) is 20.8 Å². The van der Waals surface area contributed by atoms with Gasteiger partial charge in [0.15, 0.2) is 24.7 Å². The van der Waals surface area contributed by atoms with Gasteiger partial charge in [-0.25, -0.2) is 4.79 Å². The van der Waals surface area contributed by atoms with Crippen LogP contribution in [-0.4, -0.2) is 36.6 Å². The summed E-state index contributed by atoms with van der Waals surface area (Å²) in [5.74, 6) is 0.147. The Morgan fingerprint density at radius 1 is 1.04 bits per heavy atom. The van der Waals surface area contributed by atoms with Gasteiger partial charge in [0.1, 0.15) is 0 Å². The highest BCUT2D eigenvalue weighted by Crippen LogP contribution is 2.27. The number of aryl methyl sites for hydroxylation is 2. The molecule has 0 aliphatic rings. The van der Waals surface area contributed by atoms with Crippen molar-refractivity contribution in [2.75, 3.05) is 20.3 Å². The van der Waals surface area contributed by atoms with Crippen LogP contribution in [0.15, 0.2) is 24.3 Å². The van der Waals surface area contributed by atoms with E-state index in [0.29, 0.717) is 17.1 Å². The fraction of sp³-hybridized carbons (Fsp3) is 0.368. The van der Waals surface area contributed by atoms with E-state index in [1.807, 2.05) is 44.5 Å². The normalized spacial score (nSPS) is 10.4. The maximum absolute atomic E-state index is 12.2. The van der Waals surface area contributed by atoms with Crippen LogP contribution in [0.4, 0.5) is 0 Å². The summed E-state index contributed by atoms with van der Waals surface area (Å²) in [6.45, 7) is 5.10. The quantitative estimate of drug-likeness (QED) is 0.570. The second kappa shape index (κ2) is 7.88. The van der Waals surface area contributed by atoms with Crippen molar-refractivity contribution in [2.24, 2.45) is 7.05 Å². The third-order valence-corrected chi connectivity index (χ3v) is 4.10. The van der Waals surface area contributed by atoms with Crippen LogP contribution in [0.25, 0.3) is 0 Å². The van der Waals surface area contributed by atoms with Gasteiger partial charge in [0.2, 0.25) is 5.78 Å². The standard InChI is InChI=1S/C19H23NO5/c1-12-6-7-17(18(8-12)23-5)24-11-19(22)25-10-16(21)15-9-13(2)20(4)14(15)3/h6-9H,10-11H2,1-5H3. The molecule has 0 saturated heterocycles. The average Bonchev–Trinajstić information content (AvgIpc) is 2.85. The summed E-state index contributed by atoms with van der Waals surface area (Å²) in [4.78, 5) is 24.0. The summed E-state index contributed by atoms with van der Waals surface area (Å²) in [7, 11) is 3.42. The first-order valence-corrected chi connectivity index (χ1v) is 7.92. The zero-order chi connectivity index (χ0) is 18.6. The number of nitrogens with zero attached hydrogens (tertiary/aromatic N) is 1. The molecule has 2 rings (SSSR count). The molecule has 0 atom stereocenters. The summed E-state index contributed by atoms with van der Waals surface area (Å²) in [5, 5.41) is 0. The molecule has 6 nitrogen and oxygen atoms in total. The molecule has 2 aromatic rings. The highest BCUT2D eigenvalue weighted by molar-refractivity contribution is 5.99. The van der Waals surface area contributed by atoms with Crippen LogP contribution in [0.1, 0.15) is 27.3 Å². The number of hydrogen-bond donors (Lipinski definition) is 0. The topological polar surface area (TPSA) is 66.8 Å². The van der Waals surface area contributed by atoms with Crippen molar-refractivity contribution in [1.29, 1.82) is 0 Å². The zero-order valence-corrected chi connectivity index (χ0v) is 15.2. The van der Waals surface area contributed by atoms with Crippen LogP contribution in [0.3, 0.4) is 0 Å². The molecular formula is C19H23NO5. The van der Waals surface area contributed by atoms with Gasteiger partial charge in [-0.05, 0) is 44.5 Å². The van der Waals surface area contributed by atoms with Gasteiger partial charge >= 0.3 is 5.97 Å². The molecule has 0 bridgehead atoms. The maximum Gasteiger partial charge on any atom is 0.344 e. The molecule has 0 N–H and O–H groups in total. The van der Waals surface area contributed by atoms with Crippen LogP contribution < -0.4 is 9.47 Å². The van der Waals surface area contributed by atoms with Gasteiger partial charge in [0, 0.05) is 24.0 Å². The van der Waals surface area contributed by atoms with E-state index in [4.69, 9.17) is 14.2 Å².